The monoisotopic (exact) mass is 491 g/mol. The normalized spacial score (nSPS) is 2.68. The Hall–Kier alpha value is -1.68. The van der Waals surface area contributed by atoms with E-state index in [4.69, 9.17) is 29.7 Å². The number of rotatable bonds is 0. The Morgan fingerprint density at radius 2 is 0.357 bits per heavy atom. The molecular weight excluding hydrogens is 437 g/mol. The largest absolute Gasteiger partial charge is 3.00 e. The van der Waals surface area contributed by atoms with Crippen LogP contribution in [0.4, 0.5) is 0 Å². The second-order valence-corrected chi connectivity index (χ2v) is 1.47. The van der Waals surface area contributed by atoms with E-state index >= 15 is 0 Å². The van der Waals surface area contributed by atoms with Gasteiger partial charge in [0.25, 0.3) is 0 Å². The maximum Gasteiger partial charge on any atom is 3.00 e. The molecule has 0 radical (unpaired) electrons. The zero-order valence-corrected chi connectivity index (χ0v) is 18.9. The molecule has 0 aromatic heterocycles. The van der Waals surface area contributed by atoms with Crippen LogP contribution in [-0.4, -0.2) is 17.9 Å². The number of carbonyl (C=O) groups is 3. The Morgan fingerprint density at radius 3 is 0.357 bits per heavy atom. The summed E-state index contributed by atoms with van der Waals surface area (Å²) in [6.07, 6.45) is 0. The number of aliphatic carboxylic acids is 3. The van der Waals surface area contributed by atoms with Gasteiger partial charge in [0, 0.05) is 17.9 Å². The third kappa shape index (κ3) is 4660. The Balaban J connectivity index is -0.00000000199. The van der Waals surface area contributed by atoms with Crippen molar-refractivity contribution in [2.75, 3.05) is 0 Å². The molecular formula is C6H54CoN15O6. The Morgan fingerprint density at radius 1 is 0.357 bits per heavy atom. The predicted molar refractivity (Wildman–Crippen MR) is 107 cm³/mol. The molecule has 0 bridgehead atoms. The minimum Gasteiger partial charge on any atom is -0.550 e. The van der Waals surface area contributed by atoms with Gasteiger partial charge in [-0.15, -0.1) is 0 Å². The first-order valence-electron chi connectivity index (χ1n) is 2.72. The maximum atomic E-state index is 8.89. The van der Waals surface area contributed by atoms with Gasteiger partial charge < -0.3 is 122 Å². The average Bonchev–Trinajstić information content (AvgIpc) is 1.54. The molecule has 0 heterocycles. The molecule has 0 fully saturated rings. The van der Waals surface area contributed by atoms with Crippen LogP contribution in [0.5, 0.6) is 0 Å². The van der Waals surface area contributed by atoms with E-state index in [-0.39, 0.29) is 109 Å². The van der Waals surface area contributed by atoms with Crippen LogP contribution in [0.1, 0.15) is 20.8 Å². The zero-order valence-electron chi connectivity index (χ0n) is 17.9. The van der Waals surface area contributed by atoms with Gasteiger partial charge in [-0.1, -0.05) is 0 Å². The zero-order chi connectivity index (χ0) is 10.7. The molecule has 45 N–H and O–H groups in total. The SMILES string of the molecule is CC(=O)[O-].CC(=O)[O-].CC(=O)[O-].N.N.N.N.N.N.N.N.N.N.N.N.N.N.N.[Co+3]. The molecule has 0 aliphatic rings. The van der Waals surface area contributed by atoms with Gasteiger partial charge in [0.1, 0.15) is 0 Å². The van der Waals surface area contributed by atoms with Gasteiger partial charge in [-0.2, -0.15) is 0 Å². The Bertz CT molecular complexity index is 143. The van der Waals surface area contributed by atoms with Gasteiger partial charge in [-0.25, -0.2) is 0 Å². The molecule has 0 aromatic rings. The van der Waals surface area contributed by atoms with E-state index in [1.165, 1.54) is 0 Å². The van der Waals surface area contributed by atoms with E-state index < -0.39 is 17.9 Å². The van der Waals surface area contributed by atoms with E-state index in [2.05, 4.69) is 0 Å². The summed E-state index contributed by atoms with van der Waals surface area (Å²) in [6, 6.07) is 0. The average molecular weight is 492 g/mol. The number of carbonyl (C=O) groups excluding carboxylic acids is 3. The fourth-order valence-electron chi connectivity index (χ4n) is 0. The van der Waals surface area contributed by atoms with Crippen molar-refractivity contribution in [2.45, 2.75) is 20.8 Å². The van der Waals surface area contributed by atoms with Crippen molar-refractivity contribution in [2.24, 2.45) is 0 Å². The third-order valence-electron chi connectivity index (χ3n) is 0. The van der Waals surface area contributed by atoms with Crippen LogP contribution in [0.2, 0.25) is 0 Å². The number of carboxylic acids is 3. The topological polar surface area (TPSA) is 645 Å². The second kappa shape index (κ2) is 280. The Kier molecular flexibility index (Phi) is 3150. The summed E-state index contributed by atoms with van der Waals surface area (Å²) in [5.41, 5.74) is 0. The molecule has 0 unspecified atom stereocenters. The first-order chi connectivity index (χ1) is 5.20. The fraction of sp³-hybridized carbons (Fsp3) is 0.500. The minimum absolute atomic E-state index is 0. The molecule has 21 nitrogen and oxygen atoms in total. The summed E-state index contributed by atoms with van der Waals surface area (Å²) < 4.78 is 0. The summed E-state index contributed by atoms with van der Waals surface area (Å²) in [7, 11) is 0. The van der Waals surface area contributed by atoms with Crippen molar-refractivity contribution in [3.05, 3.63) is 0 Å². The van der Waals surface area contributed by atoms with Gasteiger partial charge in [0.15, 0.2) is 0 Å². The van der Waals surface area contributed by atoms with Crippen LogP contribution < -0.4 is 108 Å². The second-order valence-electron chi connectivity index (χ2n) is 1.47. The molecule has 0 saturated heterocycles. The summed E-state index contributed by atoms with van der Waals surface area (Å²) in [4.78, 5) is 26.7. The summed E-state index contributed by atoms with van der Waals surface area (Å²) in [5.74, 6) is -3.25. The number of hydrogen-bond acceptors (Lipinski definition) is 21. The Labute approximate surface area is 178 Å². The first-order valence-corrected chi connectivity index (χ1v) is 2.72. The first kappa shape index (κ1) is 315. The standard InChI is InChI=1S/3C2H4O2.Co.15H3N/c3*1-2(3)4;;;;;;;;;;;;;;;;/h3*1H3,(H,3,4);;15*1H3/q;;;+3;;;;;;;;;;;;;;;/p-3. The summed E-state index contributed by atoms with van der Waals surface area (Å²) in [6.45, 7) is 2.92. The molecule has 0 amide bonds. The van der Waals surface area contributed by atoms with E-state index in [1.54, 1.807) is 0 Å². The molecule has 0 aromatic carbocycles. The van der Waals surface area contributed by atoms with E-state index in [1.807, 2.05) is 0 Å². The van der Waals surface area contributed by atoms with Gasteiger partial charge in [-0.05, 0) is 20.8 Å². The van der Waals surface area contributed by atoms with Crippen LogP contribution >= 0.6 is 0 Å². The van der Waals surface area contributed by atoms with Gasteiger partial charge in [-0.3, -0.25) is 0 Å². The van der Waals surface area contributed by atoms with E-state index in [9.17, 15) is 0 Å². The van der Waals surface area contributed by atoms with Crippen LogP contribution in [0.25, 0.3) is 0 Å². The van der Waals surface area contributed by atoms with Gasteiger partial charge >= 0.3 is 16.8 Å². The molecule has 0 saturated carbocycles. The molecule has 0 aliphatic heterocycles. The van der Waals surface area contributed by atoms with Crippen molar-refractivity contribution >= 4 is 17.9 Å². The maximum absolute atomic E-state index is 8.89. The number of hydrogen-bond donors (Lipinski definition) is 15. The molecule has 22 heteroatoms. The smallest absolute Gasteiger partial charge is 0.550 e. The summed E-state index contributed by atoms with van der Waals surface area (Å²) in [5, 5.41) is 26.7. The minimum atomic E-state index is -1.08. The molecule has 0 aliphatic carbocycles. The quantitative estimate of drug-likeness (QED) is 0.187. The fourth-order valence-corrected chi connectivity index (χ4v) is 0. The van der Waals surface area contributed by atoms with E-state index in [0.717, 1.165) is 20.8 Å². The van der Waals surface area contributed by atoms with Crippen molar-refractivity contribution in [1.82, 2.24) is 92.3 Å². The van der Waals surface area contributed by atoms with Gasteiger partial charge in [0.2, 0.25) is 0 Å². The molecule has 28 heavy (non-hydrogen) atoms. The summed E-state index contributed by atoms with van der Waals surface area (Å²) >= 11 is 0. The van der Waals surface area contributed by atoms with Crippen molar-refractivity contribution in [1.29, 1.82) is 0 Å². The van der Waals surface area contributed by atoms with Crippen molar-refractivity contribution in [3.8, 4) is 0 Å². The van der Waals surface area contributed by atoms with Crippen LogP contribution in [0, 0.1) is 0 Å². The van der Waals surface area contributed by atoms with Crippen molar-refractivity contribution < 1.29 is 46.5 Å². The van der Waals surface area contributed by atoms with E-state index in [0.29, 0.717) is 0 Å². The molecule has 0 atom stereocenters. The molecule has 0 spiro atoms. The van der Waals surface area contributed by atoms with Crippen molar-refractivity contribution in [3.63, 3.8) is 0 Å². The molecule has 198 valence electrons. The van der Waals surface area contributed by atoms with Crippen LogP contribution in [0.15, 0.2) is 0 Å². The van der Waals surface area contributed by atoms with Crippen LogP contribution in [0.3, 0.4) is 0 Å². The van der Waals surface area contributed by atoms with Crippen LogP contribution in [-0.2, 0) is 31.2 Å². The predicted octanol–water partition coefficient (Wildman–Crippen LogP) is -1.30. The van der Waals surface area contributed by atoms with Gasteiger partial charge in [0.05, 0.1) is 0 Å². The number of carboxylic acid groups (broad SMARTS) is 3. The third-order valence-corrected chi connectivity index (χ3v) is 0. The molecule has 0 rings (SSSR count).